The van der Waals surface area contributed by atoms with Gasteiger partial charge in [0.15, 0.2) is 11.5 Å². The molecule has 1 fully saturated rings. The van der Waals surface area contributed by atoms with E-state index in [-0.39, 0.29) is 23.8 Å². The van der Waals surface area contributed by atoms with Crippen LogP contribution >= 0.6 is 0 Å². The summed E-state index contributed by atoms with van der Waals surface area (Å²) in [6.45, 7) is 8.64. The van der Waals surface area contributed by atoms with Gasteiger partial charge in [0.05, 0.1) is 31.9 Å². The summed E-state index contributed by atoms with van der Waals surface area (Å²) in [5.74, 6) is -0.551. The van der Waals surface area contributed by atoms with E-state index < -0.39 is 23.5 Å². The zero-order valence-electron chi connectivity index (χ0n) is 23.4. The zero-order valence-corrected chi connectivity index (χ0v) is 23.4. The summed E-state index contributed by atoms with van der Waals surface area (Å²) in [6, 6.07) is 15.2. The van der Waals surface area contributed by atoms with E-state index in [4.69, 9.17) is 14.2 Å². The predicted molar refractivity (Wildman–Crippen MR) is 150 cm³/mol. The van der Waals surface area contributed by atoms with Gasteiger partial charge in [0.1, 0.15) is 17.3 Å². The molecule has 1 atom stereocenters. The third-order valence-corrected chi connectivity index (χ3v) is 6.81. The van der Waals surface area contributed by atoms with Crippen molar-refractivity contribution in [3.05, 3.63) is 94.3 Å². The lowest BCUT2D eigenvalue weighted by molar-refractivity contribution is -0.140. The molecule has 8 heteroatoms. The van der Waals surface area contributed by atoms with Gasteiger partial charge in [-0.1, -0.05) is 32.0 Å². The Bertz CT molecular complexity index is 1430. The molecule has 3 aromatic rings. The molecule has 7 nitrogen and oxygen atoms in total. The van der Waals surface area contributed by atoms with Crippen LogP contribution in [0.5, 0.6) is 17.2 Å². The third-order valence-electron chi connectivity index (χ3n) is 6.81. The number of aliphatic hydroxyl groups is 1. The number of aliphatic hydroxyl groups excluding tert-OH is 1. The molecule has 1 aliphatic rings. The average molecular weight is 548 g/mol. The van der Waals surface area contributed by atoms with Crippen LogP contribution in [0.1, 0.15) is 61.9 Å². The van der Waals surface area contributed by atoms with E-state index in [2.05, 4.69) is 0 Å². The first kappa shape index (κ1) is 28.7. The standard InChI is InChI=1S/C32H34FNO6/c1-6-39-25-14-11-22(16-24(25)19(3)4)30(35)28-29(21-10-15-26(38-5)27(17-21)40-7-2)34(32(37)31(28)36)18-20-8-12-23(33)13-9-20/h8-17,19,29,35H,6-7,18H2,1-5H3/b30-28+. The number of hydrogen-bond acceptors (Lipinski definition) is 6. The minimum absolute atomic E-state index is 0.0306. The average Bonchev–Trinajstić information content (AvgIpc) is 3.19. The highest BCUT2D eigenvalue weighted by Crippen LogP contribution is 2.43. The van der Waals surface area contributed by atoms with Gasteiger partial charge in [-0.3, -0.25) is 9.59 Å². The maximum Gasteiger partial charge on any atom is 0.295 e. The number of likely N-dealkylation sites (tertiary alicyclic amines) is 1. The van der Waals surface area contributed by atoms with Crippen LogP contribution in [0.25, 0.3) is 5.76 Å². The lowest BCUT2D eigenvalue weighted by Crippen LogP contribution is -2.29. The second-order valence-corrected chi connectivity index (χ2v) is 9.74. The topological polar surface area (TPSA) is 85.3 Å². The number of halogens is 1. The van der Waals surface area contributed by atoms with E-state index in [0.29, 0.717) is 47.2 Å². The number of carbonyl (C=O) groups excluding carboxylic acids is 2. The molecule has 0 aromatic heterocycles. The maximum absolute atomic E-state index is 13.6. The summed E-state index contributed by atoms with van der Waals surface area (Å²) in [6.07, 6.45) is 0. The molecular weight excluding hydrogens is 513 g/mol. The van der Waals surface area contributed by atoms with Crippen molar-refractivity contribution in [2.75, 3.05) is 20.3 Å². The normalized spacial score (nSPS) is 16.5. The molecule has 1 aliphatic heterocycles. The summed E-state index contributed by atoms with van der Waals surface area (Å²) in [4.78, 5) is 28.4. The monoisotopic (exact) mass is 547 g/mol. The van der Waals surface area contributed by atoms with E-state index in [1.165, 1.54) is 24.1 Å². The Labute approximate surface area is 233 Å². The molecule has 4 rings (SSSR count). The molecule has 1 saturated heterocycles. The highest BCUT2D eigenvalue weighted by atomic mass is 19.1. The molecule has 1 unspecified atom stereocenters. The summed E-state index contributed by atoms with van der Waals surface area (Å²) in [5.41, 5.74) is 2.41. The van der Waals surface area contributed by atoms with Gasteiger partial charge in [-0.2, -0.15) is 0 Å². The Morgan fingerprint density at radius 2 is 1.57 bits per heavy atom. The van der Waals surface area contributed by atoms with Crippen LogP contribution in [0.4, 0.5) is 4.39 Å². The van der Waals surface area contributed by atoms with Crippen LogP contribution in [-0.4, -0.2) is 42.0 Å². The first-order valence-corrected chi connectivity index (χ1v) is 13.3. The van der Waals surface area contributed by atoms with E-state index in [1.54, 1.807) is 48.5 Å². The van der Waals surface area contributed by atoms with E-state index in [9.17, 15) is 19.1 Å². The summed E-state index contributed by atoms with van der Waals surface area (Å²) in [7, 11) is 1.52. The van der Waals surface area contributed by atoms with Crippen molar-refractivity contribution in [3.63, 3.8) is 0 Å². The van der Waals surface area contributed by atoms with Crippen molar-refractivity contribution in [2.24, 2.45) is 0 Å². The summed E-state index contributed by atoms with van der Waals surface area (Å²) < 4.78 is 30.5. The van der Waals surface area contributed by atoms with Crippen molar-refractivity contribution in [1.29, 1.82) is 0 Å². The number of carbonyl (C=O) groups is 2. The van der Waals surface area contributed by atoms with Gasteiger partial charge in [-0.05, 0) is 78.9 Å². The Hall–Kier alpha value is -4.33. The molecule has 1 N–H and O–H groups in total. The van der Waals surface area contributed by atoms with Gasteiger partial charge in [0.2, 0.25) is 0 Å². The highest BCUT2D eigenvalue weighted by molar-refractivity contribution is 6.46. The molecule has 0 spiro atoms. The molecule has 0 bridgehead atoms. The molecule has 1 amide bonds. The number of ketones is 1. The molecule has 0 aliphatic carbocycles. The Kier molecular flexibility index (Phi) is 8.77. The molecule has 210 valence electrons. The molecule has 1 heterocycles. The number of hydrogen-bond donors (Lipinski definition) is 1. The number of nitrogens with zero attached hydrogens (tertiary/aromatic N) is 1. The van der Waals surface area contributed by atoms with Crippen molar-refractivity contribution in [1.82, 2.24) is 4.90 Å². The number of amides is 1. The van der Waals surface area contributed by atoms with Crippen LogP contribution in [0.3, 0.4) is 0 Å². The Morgan fingerprint density at radius 1 is 0.925 bits per heavy atom. The largest absolute Gasteiger partial charge is 0.507 e. The quantitative estimate of drug-likeness (QED) is 0.180. The fourth-order valence-electron chi connectivity index (χ4n) is 4.90. The minimum Gasteiger partial charge on any atom is -0.507 e. The number of rotatable bonds is 10. The van der Waals surface area contributed by atoms with E-state index >= 15 is 0 Å². The Morgan fingerprint density at radius 3 is 2.20 bits per heavy atom. The van der Waals surface area contributed by atoms with Crippen LogP contribution < -0.4 is 14.2 Å². The van der Waals surface area contributed by atoms with Gasteiger partial charge < -0.3 is 24.2 Å². The van der Waals surface area contributed by atoms with Gasteiger partial charge in [-0.25, -0.2) is 4.39 Å². The first-order chi connectivity index (χ1) is 19.2. The smallest absolute Gasteiger partial charge is 0.295 e. The fourth-order valence-corrected chi connectivity index (χ4v) is 4.90. The summed E-state index contributed by atoms with van der Waals surface area (Å²) >= 11 is 0. The van der Waals surface area contributed by atoms with Gasteiger partial charge in [-0.15, -0.1) is 0 Å². The van der Waals surface area contributed by atoms with Crippen LogP contribution in [0, 0.1) is 5.82 Å². The molecule has 0 saturated carbocycles. The van der Waals surface area contributed by atoms with Gasteiger partial charge in [0.25, 0.3) is 11.7 Å². The number of Topliss-reactive ketones (excluding diaryl/α,β-unsaturated/α-hetero) is 1. The van der Waals surface area contributed by atoms with Gasteiger partial charge >= 0.3 is 0 Å². The lowest BCUT2D eigenvalue weighted by Gasteiger charge is -2.26. The number of benzene rings is 3. The van der Waals surface area contributed by atoms with Crippen molar-refractivity contribution in [2.45, 2.75) is 46.2 Å². The number of methoxy groups -OCH3 is 1. The maximum atomic E-state index is 13.6. The molecule has 0 radical (unpaired) electrons. The lowest BCUT2D eigenvalue weighted by atomic mass is 9.93. The first-order valence-electron chi connectivity index (χ1n) is 13.3. The zero-order chi connectivity index (χ0) is 29.0. The fraction of sp³-hybridized carbons (Fsp3) is 0.312. The number of ether oxygens (including phenoxy) is 3. The van der Waals surface area contributed by atoms with Crippen LogP contribution in [0.15, 0.2) is 66.2 Å². The van der Waals surface area contributed by atoms with Crippen LogP contribution in [-0.2, 0) is 16.1 Å². The van der Waals surface area contributed by atoms with Crippen molar-refractivity contribution in [3.8, 4) is 17.2 Å². The van der Waals surface area contributed by atoms with E-state index in [0.717, 1.165) is 5.56 Å². The van der Waals surface area contributed by atoms with E-state index in [1.807, 2.05) is 27.7 Å². The van der Waals surface area contributed by atoms with Gasteiger partial charge in [0, 0.05) is 12.1 Å². The molecule has 3 aromatic carbocycles. The second-order valence-electron chi connectivity index (χ2n) is 9.74. The summed E-state index contributed by atoms with van der Waals surface area (Å²) in [5, 5.41) is 11.6. The third kappa shape index (κ3) is 5.66. The van der Waals surface area contributed by atoms with Crippen molar-refractivity contribution >= 4 is 17.4 Å². The van der Waals surface area contributed by atoms with Crippen LogP contribution in [0.2, 0.25) is 0 Å². The van der Waals surface area contributed by atoms with Crippen molar-refractivity contribution < 1.29 is 33.3 Å². The Balaban J connectivity index is 1.90. The molecular formula is C32H34FNO6. The molecule has 40 heavy (non-hydrogen) atoms. The second kappa shape index (κ2) is 12.2. The minimum atomic E-state index is -0.927. The predicted octanol–water partition coefficient (Wildman–Crippen LogP) is 6.38. The highest BCUT2D eigenvalue weighted by Gasteiger charge is 2.46. The SMILES string of the molecule is CCOc1cc(C2/C(=C(\O)c3ccc(OCC)c(C(C)C)c3)C(=O)C(=O)N2Cc2ccc(F)cc2)ccc1OC.